The number of nitrogens with zero attached hydrogens (tertiary/aromatic N) is 1. The summed E-state index contributed by atoms with van der Waals surface area (Å²) < 4.78 is 5.38. The molecule has 3 rings (SSSR count). The van der Waals surface area contributed by atoms with Crippen LogP contribution in [0.3, 0.4) is 0 Å². The van der Waals surface area contributed by atoms with E-state index in [1.807, 2.05) is 0 Å². The van der Waals surface area contributed by atoms with E-state index in [0.717, 1.165) is 51.2 Å². The van der Waals surface area contributed by atoms with E-state index in [9.17, 15) is 4.79 Å². The van der Waals surface area contributed by atoms with Crippen molar-refractivity contribution in [3.05, 3.63) is 22.7 Å². The van der Waals surface area contributed by atoms with Gasteiger partial charge >= 0.3 is 0 Å². The maximum absolute atomic E-state index is 13.1. The first-order valence-electron chi connectivity index (χ1n) is 10.1. The van der Waals surface area contributed by atoms with Gasteiger partial charge in [0.25, 0.3) is 5.91 Å². The number of rotatable bonds is 5. The number of benzene rings is 1. The molecule has 27 heavy (non-hydrogen) atoms. The monoisotopic (exact) mass is 393 g/mol. The minimum absolute atomic E-state index is 0.124. The van der Waals surface area contributed by atoms with Gasteiger partial charge < -0.3 is 20.7 Å². The predicted molar refractivity (Wildman–Crippen MR) is 111 cm³/mol. The summed E-state index contributed by atoms with van der Waals surface area (Å²) in [7, 11) is 1.55. The lowest BCUT2D eigenvalue weighted by atomic mass is 9.80. The standard InChI is InChI=1S/C21H32ClN3O2/c1-15-6-10-25(11-7-15)14-21(8-4-3-5-9-21)24-20(26)16-12-17(22)18(23)13-19(16)27-2/h12-13,15H,3-11,14,23H2,1-2H3,(H,24,26). The molecule has 1 aromatic rings. The van der Waals surface area contributed by atoms with Gasteiger partial charge in [-0.15, -0.1) is 0 Å². The normalized spacial score (nSPS) is 21.0. The Bertz CT molecular complexity index is 666. The van der Waals surface area contributed by atoms with Crippen LogP contribution in [0, 0.1) is 5.92 Å². The summed E-state index contributed by atoms with van der Waals surface area (Å²) >= 11 is 6.16. The molecule has 5 nitrogen and oxygen atoms in total. The molecule has 1 aliphatic carbocycles. The quantitative estimate of drug-likeness (QED) is 0.739. The van der Waals surface area contributed by atoms with Gasteiger partial charge in [-0.25, -0.2) is 0 Å². The third kappa shape index (κ3) is 4.88. The van der Waals surface area contributed by atoms with E-state index in [1.165, 1.54) is 19.3 Å². The number of amides is 1. The fraction of sp³-hybridized carbons (Fsp3) is 0.667. The van der Waals surface area contributed by atoms with Gasteiger partial charge in [0.05, 0.1) is 28.9 Å². The Morgan fingerprint density at radius 2 is 1.96 bits per heavy atom. The van der Waals surface area contributed by atoms with Gasteiger partial charge in [-0.1, -0.05) is 37.8 Å². The first-order chi connectivity index (χ1) is 12.9. The number of piperidine rings is 1. The fourth-order valence-electron chi connectivity index (χ4n) is 4.42. The summed E-state index contributed by atoms with van der Waals surface area (Å²) in [5.41, 5.74) is 6.56. The van der Waals surface area contributed by atoms with Crippen LogP contribution in [0.4, 0.5) is 5.69 Å². The van der Waals surface area contributed by atoms with Crippen LogP contribution < -0.4 is 15.8 Å². The molecule has 0 aromatic heterocycles. The number of nitrogens with one attached hydrogen (secondary N) is 1. The lowest BCUT2D eigenvalue weighted by Gasteiger charge is -2.43. The smallest absolute Gasteiger partial charge is 0.255 e. The second-order valence-corrected chi connectivity index (χ2v) is 8.73. The third-order valence-electron chi connectivity index (χ3n) is 6.16. The number of halogens is 1. The highest BCUT2D eigenvalue weighted by Gasteiger charge is 2.36. The van der Waals surface area contributed by atoms with Crippen LogP contribution >= 0.6 is 11.6 Å². The van der Waals surface area contributed by atoms with Crippen LogP contribution in [0.15, 0.2) is 12.1 Å². The molecule has 0 atom stereocenters. The second-order valence-electron chi connectivity index (χ2n) is 8.33. The molecule has 1 amide bonds. The minimum Gasteiger partial charge on any atom is -0.496 e. The zero-order chi connectivity index (χ0) is 19.4. The van der Waals surface area contributed by atoms with Gasteiger partial charge in [0.1, 0.15) is 5.75 Å². The molecule has 2 fully saturated rings. The minimum atomic E-state index is -0.172. The number of anilines is 1. The van der Waals surface area contributed by atoms with Crippen LogP contribution in [0.1, 0.15) is 62.2 Å². The third-order valence-corrected chi connectivity index (χ3v) is 6.48. The Hall–Kier alpha value is -1.46. The van der Waals surface area contributed by atoms with E-state index in [-0.39, 0.29) is 11.4 Å². The largest absolute Gasteiger partial charge is 0.496 e. The summed E-state index contributed by atoms with van der Waals surface area (Å²) in [5, 5.41) is 3.75. The molecule has 0 radical (unpaired) electrons. The number of ether oxygens (including phenoxy) is 1. The highest BCUT2D eigenvalue weighted by Crippen LogP contribution is 2.33. The zero-order valence-electron chi connectivity index (χ0n) is 16.5. The molecular weight excluding hydrogens is 362 g/mol. The Kier molecular flexibility index (Phi) is 6.53. The Morgan fingerprint density at radius 3 is 2.59 bits per heavy atom. The number of nitrogens with two attached hydrogens (primary N) is 1. The molecular formula is C21H32ClN3O2. The van der Waals surface area contributed by atoms with Gasteiger partial charge in [0, 0.05) is 12.6 Å². The van der Waals surface area contributed by atoms with Crippen LogP contribution in [0.25, 0.3) is 0 Å². The summed E-state index contributed by atoms with van der Waals surface area (Å²) in [4.78, 5) is 15.7. The van der Waals surface area contributed by atoms with Crippen molar-refractivity contribution in [2.75, 3.05) is 32.5 Å². The van der Waals surface area contributed by atoms with Crippen LogP contribution in [0.5, 0.6) is 5.75 Å². The molecule has 150 valence electrons. The highest BCUT2D eigenvalue weighted by atomic mass is 35.5. The number of carbonyl (C=O) groups is 1. The summed E-state index contributed by atoms with van der Waals surface area (Å²) in [6.07, 6.45) is 8.09. The van der Waals surface area contributed by atoms with Gasteiger partial charge in [-0.05, 0) is 50.8 Å². The number of hydrogen-bond acceptors (Lipinski definition) is 4. The zero-order valence-corrected chi connectivity index (χ0v) is 17.3. The number of nitrogen functional groups attached to an aromatic ring is 1. The van der Waals surface area contributed by atoms with Crippen molar-refractivity contribution in [3.63, 3.8) is 0 Å². The molecule has 1 aliphatic heterocycles. The van der Waals surface area contributed by atoms with Crippen molar-refractivity contribution in [1.82, 2.24) is 10.2 Å². The van der Waals surface area contributed by atoms with Crippen LogP contribution in [-0.2, 0) is 0 Å². The Balaban J connectivity index is 1.78. The summed E-state index contributed by atoms with van der Waals surface area (Å²) in [5.74, 6) is 1.15. The average Bonchev–Trinajstić information content (AvgIpc) is 2.66. The molecule has 1 aromatic carbocycles. The topological polar surface area (TPSA) is 67.6 Å². The molecule has 1 saturated heterocycles. The molecule has 0 unspecified atom stereocenters. The average molecular weight is 394 g/mol. The van der Waals surface area contributed by atoms with Crippen molar-refractivity contribution >= 4 is 23.2 Å². The molecule has 6 heteroatoms. The van der Waals surface area contributed by atoms with Gasteiger partial charge in [-0.2, -0.15) is 0 Å². The molecule has 3 N–H and O–H groups in total. The number of hydrogen-bond donors (Lipinski definition) is 2. The number of carbonyl (C=O) groups excluding carboxylic acids is 1. The lowest BCUT2D eigenvalue weighted by molar-refractivity contribution is 0.0757. The molecule has 0 spiro atoms. The van der Waals surface area contributed by atoms with Crippen molar-refractivity contribution in [3.8, 4) is 5.75 Å². The maximum atomic E-state index is 13.1. The highest BCUT2D eigenvalue weighted by molar-refractivity contribution is 6.33. The first kappa shape index (κ1) is 20.3. The van der Waals surface area contributed by atoms with Crippen LogP contribution in [-0.4, -0.2) is 43.1 Å². The maximum Gasteiger partial charge on any atom is 0.255 e. The van der Waals surface area contributed by atoms with Crippen LogP contribution in [0.2, 0.25) is 5.02 Å². The Labute approximate surface area is 167 Å². The van der Waals surface area contributed by atoms with Crippen molar-refractivity contribution in [1.29, 1.82) is 0 Å². The van der Waals surface area contributed by atoms with E-state index in [0.29, 0.717) is 22.0 Å². The van der Waals surface area contributed by atoms with Gasteiger partial charge in [0.2, 0.25) is 0 Å². The van der Waals surface area contributed by atoms with E-state index in [2.05, 4.69) is 17.1 Å². The molecule has 1 saturated carbocycles. The molecule has 0 bridgehead atoms. The SMILES string of the molecule is COc1cc(N)c(Cl)cc1C(=O)NC1(CN2CCC(C)CC2)CCCCC1. The number of methoxy groups -OCH3 is 1. The van der Waals surface area contributed by atoms with E-state index >= 15 is 0 Å². The summed E-state index contributed by atoms with van der Waals surface area (Å²) in [6.45, 7) is 5.49. The lowest BCUT2D eigenvalue weighted by Crippen LogP contribution is -2.57. The number of likely N-dealkylation sites (tertiary alicyclic amines) is 1. The van der Waals surface area contributed by atoms with Gasteiger partial charge in [0.15, 0.2) is 0 Å². The van der Waals surface area contributed by atoms with Gasteiger partial charge in [-0.3, -0.25) is 4.79 Å². The molecule has 1 heterocycles. The van der Waals surface area contributed by atoms with Crippen molar-refractivity contribution in [2.45, 2.75) is 57.4 Å². The van der Waals surface area contributed by atoms with E-state index < -0.39 is 0 Å². The van der Waals surface area contributed by atoms with Crippen molar-refractivity contribution in [2.24, 2.45) is 5.92 Å². The Morgan fingerprint density at radius 1 is 1.30 bits per heavy atom. The predicted octanol–water partition coefficient (Wildman–Crippen LogP) is 4.10. The molecule has 2 aliphatic rings. The summed E-state index contributed by atoms with van der Waals surface area (Å²) in [6, 6.07) is 3.24. The van der Waals surface area contributed by atoms with Crippen molar-refractivity contribution < 1.29 is 9.53 Å². The van der Waals surface area contributed by atoms with E-state index in [4.69, 9.17) is 22.1 Å². The van der Waals surface area contributed by atoms with E-state index in [1.54, 1.807) is 19.2 Å². The first-order valence-corrected chi connectivity index (χ1v) is 10.5. The second kappa shape index (κ2) is 8.70. The fourth-order valence-corrected chi connectivity index (χ4v) is 4.59.